The summed E-state index contributed by atoms with van der Waals surface area (Å²) in [6.45, 7) is 3.15. The van der Waals surface area contributed by atoms with Crippen LogP contribution in [0.15, 0.2) is 39.8 Å². The highest BCUT2D eigenvalue weighted by atomic mass is 35.5. The number of aromatic nitrogens is 1. The van der Waals surface area contributed by atoms with Crippen molar-refractivity contribution >= 4 is 39.1 Å². The second kappa shape index (κ2) is 8.33. The van der Waals surface area contributed by atoms with Crippen LogP contribution in [-0.2, 0) is 19.4 Å². The first-order chi connectivity index (χ1) is 12.2. The summed E-state index contributed by atoms with van der Waals surface area (Å²) in [7, 11) is -3.70. The first kappa shape index (κ1) is 19.9. The Kier molecular flexibility index (Phi) is 6.38. The molecular weight excluding hydrogens is 382 g/mol. The van der Waals surface area contributed by atoms with Crippen molar-refractivity contribution in [1.82, 2.24) is 10.5 Å². The zero-order valence-electron chi connectivity index (χ0n) is 14.2. The third kappa shape index (κ3) is 5.30. The minimum atomic E-state index is -3.70. The summed E-state index contributed by atoms with van der Waals surface area (Å²) in [6, 6.07) is 6.67. The van der Waals surface area contributed by atoms with Crippen molar-refractivity contribution in [3.8, 4) is 0 Å². The lowest BCUT2D eigenvalue weighted by Crippen LogP contribution is -2.42. The van der Waals surface area contributed by atoms with Gasteiger partial charge in [-0.3, -0.25) is 9.59 Å². The number of halogens is 1. The molecule has 1 aromatic heterocycles. The predicted molar refractivity (Wildman–Crippen MR) is 95.6 cm³/mol. The SMILES string of the molecule is Cc1cc(NC(=O)C(C)NC(=O)CCS(=O)(=O)c2ccccc2Cl)no1. The van der Waals surface area contributed by atoms with Crippen LogP contribution in [0.4, 0.5) is 5.82 Å². The molecule has 2 N–H and O–H groups in total. The average molecular weight is 400 g/mol. The number of hydrogen-bond donors (Lipinski definition) is 2. The highest BCUT2D eigenvalue weighted by Gasteiger charge is 2.21. The number of hydrogen-bond acceptors (Lipinski definition) is 6. The molecule has 1 unspecified atom stereocenters. The van der Waals surface area contributed by atoms with Crippen molar-refractivity contribution in [2.24, 2.45) is 0 Å². The van der Waals surface area contributed by atoms with Gasteiger partial charge in [-0.1, -0.05) is 28.9 Å². The molecule has 0 bridgehead atoms. The van der Waals surface area contributed by atoms with E-state index >= 15 is 0 Å². The standard InChI is InChI=1S/C16H18ClN3O5S/c1-10-9-14(20-25-10)19-16(22)11(2)18-15(21)7-8-26(23,24)13-6-4-3-5-12(13)17/h3-6,9,11H,7-8H2,1-2H3,(H,18,21)(H,19,20,22). The van der Waals surface area contributed by atoms with Gasteiger partial charge in [-0.2, -0.15) is 0 Å². The molecule has 0 saturated heterocycles. The average Bonchev–Trinajstić information content (AvgIpc) is 2.98. The van der Waals surface area contributed by atoms with Crippen LogP contribution in [0.2, 0.25) is 5.02 Å². The first-order valence-corrected chi connectivity index (χ1v) is 9.73. The lowest BCUT2D eigenvalue weighted by atomic mass is 10.3. The van der Waals surface area contributed by atoms with Gasteiger partial charge in [0.25, 0.3) is 0 Å². The molecule has 26 heavy (non-hydrogen) atoms. The fourth-order valence-corrected chi connectivity index (χ4v) is 3.89. The molecule has 140 valence electrons. The summed E-state index contributed by atoms with van der Waals surface area (Å²) in [4.78, 5) is 23.9. The molecule has 2 amide bonds. The van der Waals surface area contributed by atoms with Gasteiger partial charge in [0.1, 0.15) is 11.8 Å². The van der Waals surface area contributed by atoms with Gasteiger partial charge in [0.15, 0.2) is 15.7 Å². The van der Waals surface area contributed by atoms with Crippen LogP contribution in [0.3, 0.4) is 0 Å². The molecule has 0 fully saturated rings. The Bertz CT molecular complexity index is 910. The van der Waals surface area contributed by atoms with Crippen LogP contribution >= 0.6 is 11.6 Å². The maximum absolute atomic E-state index is 12.3. The van der Waals surface area contributed by atoms with E-state index in [-0.39, 0.29) is 22.2 Å². The number of nitrogens with one attached hydrogen (secondary N) is 2. The van der Waals surface area contributed by atoms with E-state index in [1.54, 1.807) is 19.1 Å². The van der Waals surface area contributed by atoms with Gasteiger partial charge in [-0.25, -0.2) is 8.42 Å². The quantitative estimate of drug-likeness (QED) is 0.734. The lowest BCUT2D eigenvalue weighted by Gasteiger charge is -2.13. The number of sulfone groups is 1. The Labute approximate surface area is 155 Å². The predicted octanol–water partition coefficient (Wildman–Crippen LogP) is 1.94. The van der Waals surface area contributed by atoms with Crippen molar-refractivity contribution in [3.05, 3.63) is 41.1 Å². The van der Waals surface area contributed by atoms with E-state index in [9.17, 15) is 18.0 Å². The second-order valence-corrected chi connectivity index (χ2v) is 8.09. The Morgan fingerprint density at radius 2 is 2.00 bits per heavy atom. The van der Waals surface area contributed by atoms with Gasteiger partial charge in [0, 0.05) is 12.5 Å². The highest BCUT2D eigenvalue weighted by molar-refractivity contribution is 7.91. The van der Waals surface area contributed by atoms with Crippen molar-refractivity contribution in [1.29, 1.82) is 0 Å². The number of amides is 2. The van der Waals surface area contributed by atoms with Gasteiger partial charge in [-0.15, -0.1) is 0 Å². The zero-order valence-corrected chi connectivity index (χ0v) is 15.7. The van der Waals surface area contributed by atoms with Crippen molar-refractivity contribution in [3.63, 3.8) is 0 Å². The van der Waals surface area contributed by atoms with Crippen molar-refractivity contribution in [2.75, 3.05) is 11.1 Å². The molecule has 2 aromatic rings. The fourth-order valence-electron chi connectivity index (χ4n) is 2.07. The Hall–Kier alpha value is -2.39. The van der Waals surface area contributed by atoms with E-state index < -0.39 is 33.4 Å². The van der Waals surface area contributed by atoms with Gasteiger partial charge < -0.3 is 15.2 Å². The normalized spacial score (nSPS) is 12.4. The third-order valence-electron chi connectivity index (χ3n) is 3.42. The van der Waals surface area contributed by atoms with Crippen molar-refractivity contribution in [2.45, 2.75) is 31.2 Å². The first-order valence-electron chi connectivity index (χ1n) is 7.70. The van der Waals surface area contributed by atoms with E-state index in [2.05, 4.69) is 15.8 Å². The minimum Gasteiger partial charge on any atom is -0.360 e. The van der Waals surface area contributed by atoms with Gasteiger partial charge in [0.2, 0.25) is 11.8 Å². The monoisotopic (exact) mass is 399 g/mol. The smallest absolute Gasteiger partial charge is 0.247 e. The molecule has 2 rings (SSSR count). The number of carbonyl (C=O) groups is 2. The number of benzene rings is 1. The molecule has 0 radical (unpaired) electrons. The molecule has 1 aromatic carbocycles. The summed E-state index contributed by atoms with van der Waals surface area (Å²) in [5.74, 6) is -0.726. The number of carbonyl (C=O) groups excluding carboxylic acids is 2. The van der Waals surface area contributed by atoms with E-state index in [0.29, 0.717) is 5.76 Å². The molecule has 0 aliphatic carbocycles. The van der Waals surface area contributed by atoms with Crippen LogP contribution < -0.4 is 10.6 Å². The second-order valence-electron chi connectivity index (χ2n) is 5.60. The van der Waals surface area contributed by atoms with E-state index in [4.69, 9.17) is 16.1 Å². The minimum absolute atomic E-state index is 0.0262. The largest absolute Gasteiger partial charge is 0.360 e. The summed E-state index contributed by atoms with van der Waals surface area (Å²) in [5, 5.41) is 8.63. The third-order valence-corrected chi connectivity index (χ3v) is 5.63. The summed E-state index contributed by atoms with van der Waals surface area (Å²) in [5.41, 5.74) is 0. The van der Waals surface area contributed by atoms with Crippen LogP contribution in [0.1, 0.15) is 19.1 Å². The van der Waals surface area contributed by atoms with E-state index in [1.807, 2.05) is 0 Å². The van der Waals surface area contributed by atoms with Gasteiger partial charge in [-0.05, 0) is 26.0 Å². The van der Waals surface area contributed by atoms with E-state index in [0.717, 1.165) is 0 Å². The Balaban J connectivity index is 1.88. The molecule has 8 nitrogen and oxygen atoms in total. The molecule has 0 aliphatic rings. The van der Waals surface area contributed by atoms with Gasteiger partial charge >= 0.3 is 0 Å². The molecule has 10 heteroatoms. The number of aryl methyl sites for hydroxylation is 1. The topological polar surface area (TPSA) is 118 Å². The number of nitrogens with zero attached hydrogens (tertiary/aromatic N) is 1. The zero-order chi connectivity index (χ0) is 19.3. The maximum atomic E-state index is 12.3. The summed E-state index contributed by atoms with van der Waals surface area (Å²) >= 11 is 5.88. The Morgan fingerprint density at radius 1 is 1.31 bits per heavy atom. The fraction of sp³-hybridized carbons (Fsp3) is 0.312. The Morgan fingerprint density at radius 3 is 2.62 bits per heavy atom. The summed E-state index contributed by atoms with van der Waals surface area (Å²) < 4.78 is 29.3. The van der Waals surface area contributed by atoms with Crippen molar-refractivity contribution < 1.29 is 22.5 Å². The number of rotatable bonds is 7. The van der Waals surface area contributed by atoms with Crippen LogP contribution in [0.25, 0.3) is 0 Å². The number of anilines is 1. The summed E-state index contributed by atoms with van der Waals surface area (Å²) in [6.07, 6.45) is -0.297. The molecule has 0 aliphatic heterocycles. The van der Waals surface area contributed by atoms with Crippen LogP contribution in [0.5, 0.6) is 0 Å². The molecule has 1 atom stereocenters. The molecule has 0 saturated carbocycles. The van der Waals surface area contributed by atoms with Crippen LogP contribution in [-0.4, -0.2) is 37.2 Å². The van der Waals surface area contributed by atoms with Crippen LogP contribution in [0, 0.1) is 6.92 Å². The van der Waals surface area contributed by atoms with E-state index in [1.165, 1.54) is 25.1 Å². The maximum Gasteiger partial charge on any atom is 0.247 e. The van der Waals surface area contributed by atoms with Gasteiger partial charge in [0.05, 0.1) is 15.7 Å². The highest BCUT2D eigenvalue weighted by Crippen LogP contribution is 2.22. The molecule has 0 spiro atoms. The lowest BCUT2D eigenvalue weighted by molar-refractivity contribution is -0.125. The molecular formula is C16H18ClN3O5S. The molecule has 1 heterocycles.